The van der Waals surface area contributed by atoms with Crippen LogP contribution < -0.4 is 15.5 Å². The number of benzene rings is 1. The largest absolute Gasteiger partial charge is 0.463 e. The highest BCUT2D eigenvalue weighted by molar-refractivity contribution is 6.30. The molecule has 0 aliphatic rings. The van der Waals surface area contributed by atoms with E-state index in [1.807, 2.05) is 20.2 Å². The van der Waals surface area contributed by atoms with Gasteiger partial charge in [0.2, 0.25) is 0 Å². The van der Waals surface area contributed by atoms with Gasteiger partial charge in [0.25, 0.3) is 5.91 Å². The number of hydrogen-bond acceptors (Lipinski definition) is 2. The second-order valence-corrected chi connectivity index (χ2v) is 6.55. The highest BCUT2D eigenvalue weighted by Crippen LogP contribution is 2.36. The van der Waals surface area contributed by atoms with Crippen LogP contribution >= 0.6 is 11.6 Å². The summed E-state index contributed by atoms with van der Waals surface area (Å²) in [5.74, 6) is 0.267. The minimum absolute atomic E-state index is 0.00951. The Morgan fingerprint density at radius 1 is 1.35 bits per heavy atom. The molecule has 0 saturated heterocycles. The van der Waals surface area contributed by atoms with E-state index in [1.54, 1.807) is 17.6 Å². The zero-order valence-electron chi connectivity index (χ0n) is 14.4. The maximum Gasteiger partial charge on any atom is 0.418 e. The van der Waals surface area contributed by atoms with Gasteiger partial charge in [0, 0.05) is 5.02 Å². The van der Waals surface area contributed by atoms with E-state index in [9.17, 15) is 18.0 Å². The molecule has 5 nitrogen and oxygen atoms in total. The van der Waals surface area contributed by atoms with Crippen molar-refractivity contribution in [2.75, 3.05) is 32.5 Å². The molecular weight excluding hydrogens is 371 g/mol. The summed E-state index contributed by atoms with van der Waals surface area (Å²) < 4.78 is 44.6. The molecule has 1 amide bonds. The number of quaternary nitrogens is 2. The molecule has 0 unspecified atom stereocenters. The Balaban J connectivity index is 1.95. The third-order valence-corrected chi connectivity index (χ3v) is 4.11. The van der Waals surface area contributed by atoms with Crippen molar-refractivity contribution in [3.8, 4) is 0 Å². The summed E-state index contributed by atoms with van der Waals surface area (Å²) in [6, 6.07) is 6.92. The predicted molar refractivity (Wildman–Crippen MR) is 91.0 cm³/mol. The Bertz CT molecular complexity index is 733. The van der Waals surface area contributed by atoms with Crippen LogP contribution in [0.25, 0.3) is 0 Å². The molecule has 1 heterocycles. The van der Waals surface area contributed by atoms with E-state index in [0.29, 0.717) is 6.54 Å². The molecule has 1 aromatic heterocycles. The molecule has 26 heavy (non-hydrogen) atoms. The summed E-state index contributed by atoms with van der Waals surface area (Å²) >= 11 is 5.63. The lowest BCUT2D eigenvalue weighted by Gasteiger charge is -2.18. The average molecular weight is 392 g/mol. The Kier molecular flexibility index (Phi) is 6.69. The first-order valence-corrected chi connectivity index (χ1v) is 8.38. The minimum Gasteiger partial charge on any atom is -0.463 e. The van der Waals surface area contributed by atoms with Gasteiger partial charge in [-0.15, -0.1) is 0 Å². The van der Waals surface area contributed by atoms with E-state index >= 15 is 0 Å². The normalized spacial score (nSPS) is 13.0. The molecule has 4 N–H and O–H groups in total. The zero-order valence-corrected chi connectivity index (χ0v) is 15.1. The third-order valence-electron chi connectivity index (χ3n) is 3.88. The van der Waals surface area contributed by atoms with Gasteiger partial charge in [0.1, 0.15) is 6.54 Å². The van der Waals surface area contributed by atoms with E-state index in [1.165, 1.54) is 6.07 Å². The van der Waals surface area contributed by atoms with Crippen LogP contribution in [0.3, 0.4) is 0 Å². The lowest BCUT2D eigenvalue weighted by Crippen LogP contribution is -3.09. The van der Waals surface area contributed by atoms with Gasteiger partial charge in [-0.3, -0.25) is 4.79 Å². The quantitative estimate of drug-likeness (QED) is 0.667. The number of hydrogen-bond donors (Lipinski definition) is 3. The van der Waals surface area contributed by atoms with E-state index in [-0.39, 0.29) is 23.3 Å². The van der Waals surface area contributed by atoms with Gasteiger partial charge >= 0.3 is 6.18 Å². The lowest BCUT2D eigenvalue weighted by molar-refractivity contribution is -0.909. The van der Waals surface area contributed by atoms with Crippen LogP contribution in [-0.2, 0) is 11.0 Å². The first-order chi connectivity index (χ1) is 12.2. The van der Waals surface area contributed by atoms with Crippen molar-refractivity contribution in [1.82, 2.24) is 0 Å². The van der Waals surface area contributed by atoms with Crippen LogP contribution in [-0.4, -0.2) is 33.1 Å². The van der Waals surface area contributed by atoms with Crippen LogP contribution in [0.1, 0.15) is 17.4 Å². The Morgan fingerprint density at radius 2 is 2.08 bits per heavy atom. The number of halogens is 4. The Morgan fingerprint density at radius 3 is 2.65 bits per heavy atom. The van der Waals surface area contributed by atoms with E-state index in [4.69, 9.17) is 16.0 Å². The van der Waals surface area contributed by atoms with Gasteiger partial charge in [-0.1, -0.05) is 11.6 Å². The van der Waals surface area contributed by atoms with E-state index in [2.05, 4.69) is 5.32 Å². The molecule has 2 aromatic rings. The van der Waals surface area contributed by atoms with Crippen molar-refractivity contribution in [3.05, 3.63) is 52.9 Å². The van der Waals surface area contributed by atoms with Gasteiger partial charge in [-0.05, 0) is 30.3 Å². The fraction of sp³-hybridized carbons (Fsp3) is 0.353. The fourth-order valence-electron chi connectivity index (χ4n) is 2.57. The lowest BCUT2D eigenvalue weighted by atomic mass is 10.1. The van der Waals surface area contributed by atoms with Crippen LogP contribution in [0.15, 0.2) is 41.0 Å². The van der Waals surface area contributed by atoms with Gasteiger partial charge in [-0.25, -0.2) is 0 Å². The molecule has 1 atom stereocenters. The van der Waals surface area contributed by atoms with Gasteiger partial charge < -0.3 is 20.0 Å². The van der Waals surface area contributed by atoms with Crippen molar-refractivity contribution >= 4 is 23.2 Å². The minimum atomic E-state index is -4.60. The average Bonchev–Trinajstić information content (AvgIpc) is 3.06. The van der Waals surface area contributed by atoms with Crippen molar-refractivity contribution in [1.29, 1.82) is 0 Å². The molecule has 0 aliphatic carbocycles. The molecular formula is C17H21ClF3N3O2+2. The zero-order chi connectivity index (χ0) is 19.3. The fourth-order valence-corrected chi connectivity index (χ4v) is 2.74. The number of rotatable bonds is 7. The highest BCUT2D eigenvalue weighted by atomic mass is 35.5. The summed E-state index contributed by atoms with van der Waals surface area (Å²) in [7, 11) is 3.93. The number of nitrogens with one attached hydrogen (secondary N) is 2. The molecule has 0 radical (unpaired) electrons. The van der Waals surface area contributed by atoms with Crippen LogP contribution in [0.4, 0.5) is 18.9 Å². The van der Waals surface area contributed by atoms with E-state index < -0.39 is 17.6 Å². The summed E-state index contributed by atoms with van der Waals surface area (Å²) in [5, 5.41) is 3.99. The number of carbonyl (C=O) groups is 1. The van der Waals surface area contributed by atoms with E-state index in [0.717, 1.165) is 22.8 Å². The standard InChI is InChI=1S/C17H19ClF3N3O2/c1-24(2)14(15-4-3-7-26-15)9-22-10-16(25)23-13-6-5-11(18)8-12(13)17(19,20)21/h3-8,14,22H,9-10H2,1-2H3,(H,23,25)/p+2/t14-/m0/s1. The molecule has 9 heteroatoms. The number of carbonyl (C=O) groups excluding carboxylic acids is 1. The van der Waals surface area contributed by atoms with Crippen LogP contribution in [0.5, 0.6) is 0 Å². The molecule has 142 valence electrons. The summed E-state index contributed by atoms with van der Waals surface area (Å²) in [5.41, 5.74) is -1.27. The van der Waals surface area contributed by atoms with Gasteiger partial charge in [0.15, 0.2) is 18.3 Å². The number of furan rings is 1. The monoisotopic (exact) mass is 391 g/mol. The first kappa shape index (κ1) is 20.3. The highest BCUT2D eigenvalue weighted by Gasteiger charge is 2.34. The van der Waals surface area contributed by atoms with Gasteiger partial charge in [0.05, 0.1) is 31.6 Å². The second-order valence-electron chi connectivity index (χ2n) is 6.11. The van der Waals surface area contributed by atoms with Crippen LogP contribution in [0.2, 0.25) is 5.02 Å². The summed E-state index contributed by atoms with van der Waals surface area (Å²) in [4.78, 5) is 13.2. The first-order valence-electron chi connectivity index (χ1n) is 8.00. The Hall–Kier alpha value is -2.03. The number of amides is 1. The van der Waals surface area contributed by atoms with Crippen molar-refractivity contribution < 1.29 is 32.6 Å². The molecule has 1 aromatic carbocycles. The van der Waals surface area contributed by atoms with Crippen molar-refractivity contribution in [3.63, 3.8) is 0 Å². The van der Waals surface area contributed by atoms with Crippen LogP contribution in [0, 0.1) is 0 Å². The number of alkyl halides is 3. The predicted octanol–water partition coefficient (Wildman–Crippen LogP) is 1.34. The molecule has 0 saturated carbocycles. The van der Waals surface area contributed by atoms with Crippen molar-refractivity contribution in [2.24, 2.45) is 0 Å². The SMILES string of the molecule is C[NH+](C)[C@@H](C[NH2+]CC(=O)Nc1ccc(Cl)cc1C(F)(F)F)c1ccco1. The number of anilines is 1. The smallest absolute Gasteiger partial charge is 0.418 e. The maximum atomic E-state index is 13.1. The number of likely N-dealkylation sites (N-methyl/N-ethyl adjacent to an activating group) is 1. The molecule has 0 aliphatic heterocycles. The second kappa shape index (κ2) is 8.57. The van der Waals surface area contributed by atoms with Crippen molar-refractivity contribution in [2.45, 2.75) is 12.2 Å². The third kappa shape index (κ3) is 5.48. The van der Waals surface area contributed by atoms with Gasteiger partial charge in [-0.2, -0.15) is 13.2 Å². The molecule has 2 rings (SSSR count). The number of nitrogens with two attached hydrogens (primary N) is 1. The summed E-state index contributed by atoms with van der Waals surface area (Å²) in [6.07, 6.45) is -3.02. The topological polar surface area (TPSA) is 63.3 Å². The molecule has 0 fully saturated rings. The summed E-state index contributed by atoms with van der Waals surface area (Å²) in [6.45, 7) is 0.542. The molecule has 0 bridgehead atoms. The maximum absolute atomic E-state index is 13.1. The molecule has 0 spiro atoms. The Labute approximate surface area is 154 Å².